The number of nitrogens with zero attached hydrogens (tertiary/aromatic N) is 6. The monoisotopic (exact) mass is 526 g/mol. The van der Waals surface area contributed by atoms with E-state index in [1.165, 1.54) is 23.0 Å². The summed E-state index contributed by atoms with van der Waals surface area (Å²) in [7, 11) is 8.94. The molecular weight excluding hydrogens is 492 g/mol. The Morgan fingerprint density at radius 2 is 1.61 bits per heavy atom. The summed E-state index contributed by atoms with van der Waals surface area (Å²) in [6, 6.07) is 1.53. The van der Waals surface area contributed by atoms with Crippen LogP contribution in [-0.2, 0) is 25.9 Å². The number of hydrogen-bond acceptors (Lipinski definition) is 7. The minimum absolute atomic E-state index is 0.0617. The first-order valence-corrected chi connectivity index (χ1v) is 12.0. The Kier molecular flexibility index (Phi) is 9.38. The third kappa shape index (κ3) is 7.52. The van der Waals surface area contributed by atoms with Crippen LogP contribution in [0.3, 0.4) is 0 Å². The summed E-state index contributed by atoms with van der Waals surface area (Å²) in [6.07, 6.45) is 7.27. The molecule has 4 amide bonds. The van der Waals surface area contributed by atoms with Crippen molar-refractivity contribution in [2.75, 3.05) is 44.4 Å². The number of imidazole rings is 2. The quantitative estimate of drug-likeness (QED) is 0.245. The summed E-state index contributed by atoms with van der Waals surface area (Å²) in [5.74, 6) is -1.01. The van der Waals surface area contributed by atoms with Crippen molar-refractivity contribution in [2.45, 2.75) is 12.8 Å². The Balaban J connectivity index is 1.51. The van der Waals surface area contributed by atoms with Crippen LogP contribution in [0.25, 0.3) is 0 Å². The molecule has 0 fully saturated rings. The summed E-state index contributed by atoms with van der Waals surface area (Å²) in [6.45, 7) is 1.65. The molecule has 0 bridgehead atoms. The van der Waals surface area contributed by atoms with Crippen LogP contribution >= 0.6 is 0 Å². The third-order valence-corrected chi connectivity index (χ3v) is 5.58. The normalized spacial score (nSPS) is 10.9. The van der Waals surface area contributed by atoms with Crippen LogP contribution < -0.4 is 21.3 Å². The number of carbonyl (C=O) groups is 4. The second kappa shape index (κ2) is 12.7. The van der Waals surface area contributed by atoms with Gasteiger partial charge in [-0.25, -0.2) is 9.97 Å². The van der Waals surface area contributed by atoms with E-state index in [0.717, 1.165) is 13.0 Å². The number of amides is 4. The molecule has 0 aliphatic rings. The number of carbonyl (C=O) groups excluding carboxylic acids is 4. The molecule has 3 aromatic heterocycles. The van der Waals surface area contributed by atoms with Crippen LogP contribution in [0, 0.1) is 0 Å². The zero-order valence-corrected chi connectivity index (χ0v) is 22.2. The lowest BCUT2D eigenvalue weighted by Gasteiger charge is -2.10. The van der Waals surface area contributed by atoms with Crippen molar-refractivity contribution in [3.8, 4) is 0 Å². The van der Waals surface area contributed by atoms with Gasteiger partial charge in [-0.15, -0.1) is 0 Å². The Hall–Kier alpha value is -4.46. The molecule has 0 saturated heterocycles. The van der Waals surface area contributed by atoms with E-state index < -0.39 is 11.8 Å². The van der Waals surface area contributed by atoms with Crippen LogP contribution in [0.5, 0.6) is 0 Å². The van der Waals surface area contributed by atoms with Gasteiger partial charge in [-0.3, -0.25) is 19.2 Å². The van der Waals surface area contributed by atoms with E-state index in [-0.39, 0.29) is 42.2 Å². The van der Waals surface area contributed by atoms with E-state index in [1.54, 1.807) is 42.7 Å². The summed E-state index contributed by atoms with van der Waals surface area (Å²) >= 11 is 0. The molecule has 0 aliphatic heterocycles. The highest BCUT2D eigenvalue weighted by atomic mass is 16.2. The van der Waals surface area contributed by atoms with Gasteiger partial charge >= 0.3 is 0 Å². The maximum absolute atomic E-state index is 12.8. The van der Waals surface area contributed by atoms with Crippen LogP contribution in [-0.4, -0.2) is 85.9 Å². The molecule has 14 nitrogen and oxygen atoms in total. The smallest absolute Gasteiger partial charge is 0.292 e. The van der Waals surface area contributed by atoms with Crippen molar-refractivity contribution in [1.82, 2.24) is 39.2 Å². The molecule has 14 heteroatoms. The lowest BCUT2D eigenvalue weighted by atomic mass is 10.3. The van der Waals surface area contributed by atoms with E-state index in [4.69, 9.17) is 0 Å². The summed E-state index contributed by atoms with van der Waals surface area (Å²) in [4.78, 5) is 59.9. The number of aromatic nitrogens is 5. The average molecular weight is 527 g/mol. The third-order valence-electron chi connectivity index (χ3n) is 5.58. The van der Waals surface area contributed by atoms with E-state index >= 15 is 0 Å². The molecule has 3 heterocycles. The van der Waals surface area contributed by atoms with Gasteiger partial charge in [0.05, 0.1) is 5.69 Å². The largest absolute Gasteiger partial charge is 0.356 e. The molecule has 0 aromatic carbocycles. The van der Waals surface area contributed by atoms with Crippen molar-refractivity contribution in [3.05, 3.63) is 48.2 Å². The standard InChI is InChI=1S/C24H34N10O4/c1-31(2)11-6-8-25-19(35)7-9-27-22(36)17-13-16(14-33(17)4)28-24(38)21-29-18(15-34(21)5)30-23(37)20-26-10-12-32(20)3/h10,12-15H,6-9,11H2,1-5H3,(H,25,35)(H,27,36)(H,28,38)(H,30,37). The summed E-state index contributed by atoms with van der Waals surface area (Å²) < 4.78 is 4.62. The van der Waals surface area contributed by atoms with Crippen LogP contribution in [0.1, 0.15) is 44.6 Å². The number of aryl methyl sites for hydroxylation is 3. The molecule has 0 radical (unpaired) electrons. The molecule has 3 aromatic rings. The topological polar surface area (TPSA) is 160 Å². The van der Waals surface area contributed by atoms with Gasteiger partial charge in [-0.05, 0) is 33.1 Å². The minimum Gasteiger partial charge on any atom is -0.356 e. The zero-order chi connectivity index (χ0) is 27.8. The van der Waals surface area contributed by atoms with Gasteiger partial charge in [0.15, 0.2) is 11.6 Å². The lowest BCUT2D eigenvalue weighted by molar-refractivity contribution is -0.120. The first kappa shape index (κ1) is 28.1. The highest BCUT2D eigenvalue weighted by molar-refractivity contribution is 6.04. The van der Waals surface area contributed by atoms with Crippen molar-refractivity contribution >= 4 is 35.1 Å². The Morgan fingerprint density at radius 1 is 0.868 bits per heavy atom. The molecule has 0 aliphatic carbocycles. The van der Waals surface area contributed by atoms with E-state index in [9.17, 15) is 19.2 Å². The fraction of sp³-hybridized carbons (Fsp3) is 0.417. The van der Waals surface area contributed by atoms with Gasteiger partial charge in [-0.2, -0.15) is 0 Å². The molecule has 38 heavy (non-hydrogen) atoms. The van der Waals surface area contributed by atoms with Crippen molar-refractivity contribution in [1.29, 1.82) is 0 Å². The second-order valence-corrected chi connectivity index (χ2v) is 9.07. The average Bonchev–Trinajstić information content (AvgIpc) is 3.54. The van der Waals surface area contributed by atoms with E-state index in [1.807, 2.05) is 19.0 Å². The first-order valence-electron chi connectivity index (χ1n) is 12.0. The zero-order valence-electron chi connectivity index (χ0n) is 22.2. The van der Waals surface area contributed by atoms with Crippen LogP contribution in [0.2, 0.25) is 0 Å². The SMILES string of the molecule is CN(C)CCCNC(=O)CCNC(=O)c1cc(NC(=O)c2nc(NC(=O)c3nccn3C)cn2C)cn1C. The van der Waals surface area contributed by atoms with Gasteiger partial charge < -0.3 is 39.9 Å². The molecule has 204 valence electrons. The molecule has 0 spiro atoms. The van der Waals surface area contributed by atoms with Crippen molar-refractivity contribution in [2.24, 2.45) is 21.1 Å². The first-order chi connectivity index (χ1) is 18.0. The molecular formula is C24H34N10O4. The highest BCUT2D eigenvalue weighted by Crippen LogP contribution is 2.15. The second-order valence-electron chi connectivity index (χ2n) is 9.07. The van der Waals surface area contributed by atoms with Gasteiger partial charge in [0.1, 0.15) is 5.69 Å². The van der Waals surface area contributed by atoms with Gasteiger partial charge in [0.25, 0.3) is 17.7 Å². The summed E-state index contributed by atoms with van der Waals surface area (Å²) in [5.41, 5.74) is 0.706. The number of hydrogen-bond donors (Lipinski definition) is 4. The number of rotatable bonds is 12. The number of nitrogens with one attached hydrogen (secondary N) is 4. The minimum atomic E-state index is -0.520. The van der Waals surface area contributed by atoms with Gasteiger partial charge in [-0.1, -0.05) is 0 Å². The van der Waals surface area contributed by atoms with E-state index in [0.29, 0.717) is 17.9 Å². The predicted octanol–water partition coefficient (Wildman–Crippen LogP) is 0.185. The lowest BCUT2D eigenvalue weighted by Crippen LogP contribution is -2.32. The molecule has 4 N–H and O–H groups in total. The predicted molar refractivity (Wildman–Crippen MR) is 141 cm³/mol. The molecule has 0 atom stereocenters. The fourth-order valence-electron chi connectivity index (χ4n) is 3.63. The molecule has 0 unspecified atom stereocenters. The van der Waals surface area contributed by atoms with Crippen LogP contribution in [0.15, 0.2) is 30.9 Å². The Labute approximate surface area is 220 Å². The molecule has 3 rings (SSSR count). The number of anilines is 2. The maximum Gasteiger partial charge on any atom is 0.292 e. The van der Waals surface area contributed by atoms with Gasteiger partial charge in [0, 0.05) is 65.4 Å². The van der Waals surface area contributed by atoms with Crippen molar-refractivity contribution in [3.63, 3.8) is 0 Å². The highest BCUT2D eigenvalue weighted by Gasteiger charge is 2.19. The van der Waals surface area contributed by atoms with Gasteiger partial charge in [0.2, 0.25) is 11.7 Å². The molecule has 0 saturated carbocycles. The Bertz CT molecular complexity index is 1300. The van der Waals surface area contributed by atoms with Crippen LogP contribution in [0.4, 0.5) is 11.5 Å². The van der Waals surface area contributed by atoms with Crippen molar-refractivity contribution < 1.29 is 19.2 Å². The Morgan fingerprint density at radius 3 is 2.29 bits per heavy atom. The fourth-order valence-corrected chi connectivity index (χ4v) is 3.63. The summed E-state index contributed by atoms with van der Waals surface area (Å²) in [5, 5.41) is 10.9. The maximum atomic E-state index is 12.8. The van der Waals surface area contributed by atoms with E-state index in [2.05, 4.69) is 31.2 Å².